The SMILES string of the molecule is Cc1ccnc(Cl)c1-c1cccc(OC(F)(F)F)c1. The second-order valence-corrected chi connectivity index (χ2v) is 4.23. The van der Waals surface area contributed by atoms with Crippen LogP contribution in [0.5, 0.6) is 5.75 Å². The molecular formula is C13H9ClF3NO. The van der Waals surface area contributed by atoms with Crippen LogP contribution in [0.2, 0.25) is 5.15 Å². The molecule has 0 saturated heterocycles. The molecule has 1 aromatic carbocycles. The summed E-state index contributed by atoms with van der Waals surface area (Å²) in [6.45, 7) is 1.81. The molecule has 1 aromatic heterocycles. The summed E-state index contributed by atoms with van der Waals surface area (Å²) in [5, 5.41) is 0.240. The molecule has 6 heteroatoms. The third kappa shape index (κ3) is 3.38. The predicted octanol–water partition coefficient (Wildman–Crippen LogP) is 4.61. The van der Waals surface area contributed by atoms with Crippen molar-refractivity contribution in [1.82, 2.24) is 4.98 Å². The lowest BCUT2D eigenvalue weighted by atomic mass is 10.0. The van der Waals surface area contributed by atoms with Crippen molar-refractivity contribution in [3.05, 3.63) is 47.2 Å². The summed E-state index contributed by atoms with van der Waals surface area (Å²) < 4.78 is 40.4. The number of ether oxygens (including phenoxy) is 1. The van der Waals surface area contributed by atoms with Crippen molar-refractivity contribution in [2.24, 2.45) is 0 Å². The van der Waals surface area contributed by atoms with E-state index in [9.17, 15) is 13.2 Å². The van der Waals surface area contributed by atoms with Gasteiger partial charge < -0.3 is 4.74 Å². The molecule has 2 aromatic rings. The molecule has 2 rings (SSSR count). The summed E-state index contributed by atoms with van der Waals surface area (Å²) in [6, 6.07) is 7.37. The summed E-state index contributed by atoms with van der Waals surface area (Å²) >= 11 is 5.98. The molecule has 0 spiro atoms. The fraction of sp³-hybridized carbons (Fsp3) is 0.154. The Bertz CT molecular complexity index is 578. The predicted molar refractivity (Wildman–Crippen MR) is 66.1 cm³/mol. The molecule has 2 nitrogen and oxygen atoms in total. The Morgan fingerprint density at radius 3 is 2.58 bits per heavy atom. The standard InChI is InChI=1S/C13H9ClF3NO/c1-8-5-6-18-12(14)11(8)9-3-2-4-10(7-9)19-13(15,16)17/h2-7H,1H3. The highest BCUT2D eigenvalue weighted by Gasteiger charge is 2.31. The van der Waals surface area contributed by atoms with Gasteiger partial charge in [0.05, 0.1) is 0 Å². The Balaban J connectivity index is 2.44. The van der Waals surface area contributed by atoms with E-state index in [1.807, 2.05) is 0 Å². The van der Waals surface area contributed by atoms with E-state index in [0.29, 0.717) is 11.1 Å². The number of pyridine rings is 1. The van der Waals surface area contributed by atoms with Crippen molar-refractivity contribution in [3.8, 4) is 16.9 Å². The quantitative estimate of drug-likeness (QED) is 0.753. The monoisotopic (exact) mass is 287 g/mol. The first-order valence-corrected chi connectivity index (χ1v) is 5.72. The van der Waals surface area contributed by atoms with Crippen LogP contribution in [0, 0.1) is 6.92 Å². The molecular weight excluding hydrogens is 279 g/mol. The second kappa shape index (κ2) is 5.09. The summed E-state index contributed by atoms with van der Waals surface area (Å²) in [4.78, 5) is 3.92. The van der Waals surface area contributed by atoms with Crippen molar-refractivity contribution in [2.45, 2.75) is 13.3 Å². The van der Waals surface area contributed by atoms with Crippen LogP contribution in [0.15, 0.2) is 36.5 Å². The number of rotatable bonds is 2. The highest BCUT2D eigenvalue weighted by atomic mass is 35.5. The number of halogens is 4. The van der Waals surface area contributed by atoms with E-state index in [1.54, 1.807) is 19.1 Å². The third-order valence-corrected chi connectivity index (χ3v) is 2.76. The van der Waals surface area contributed by atoms with Gasteiger partial charge in [0.2, 0.25) is 0 Å². The summed E-state index contributed by atoms with van der Waals surface area (Å²) in [6.07, 6.45) is -3.18. The molecule has 0 saturated carbocycles. The minimum atomic E-state index is -4.72. The fourth-order valence-electron chi connectivity index (χ4n) is 1.72. The second-order valence-electron chi connectivity index (χ2n) is 3.87. The largest absolute Gasteiger partial charge is 0.573 e. The summed E-state index contributed by atoms with van der Waals surface area (Å²) in [5.41, 5.74) is 1.94. The molecule has 19 heavy (non-hydrogen) atoms. The number of hydrogen-bond donors (Lipinski definition) is 0. The van der Waals surface area contributed by atoms with Gasteiger partial charge in [-0.3, -0.25) is 0 Å². The van der Waals surface area contributed by atoms with Gasteiger partial charge in [-0.1, -0.05) is 23.7 Å². The average molecular weight is 288 g/mol. The molecule has 0 fully saturated rings. The molecule has 1 heterocycles. The lowest BCUT2D eigenvalue weighted by molar-refractivity contribution is -0.274. The lowest BCUT2D eigenvalue weighted by Crippen LogP contribution is -2.17. The molecule has 0 amide bonds. The van der Waals surface area contributed by atoms with Crippen LogP contribution in [-0.2, 0) is 0 Å². The van der Waals surface area contributed by atoms with E-state index in [0.717, 1.165) is 5.56 Å². The summed E-state index contributed by atoms with van der Waals surface area (Å²) in [5.74, 6) is -0.288. The number of hydrogen-bond acceptors (Lipinski definition) is 2. The molecule has 0 bridgehead atoms. The number of aryl methyl sites for hydroxylation is 1. The van der Waals surface area contributed by atoms with Crippen LogP contribution in [0.25, 0.3) is 11.1 Å². The maximum absolute atomic E-state index is 12.2. The smallest absolute Gasteiger partial charge is 0.406 e. The Morgan fingerprint density at radius 1 is 1.21 bits per heavy atom. The van der Waals surface area contributed by atoms with Gasteiger partial charge in [0, 0.05) is 11.8 Å². The van der Waals surface area contributed by atoms with Crippen LogP contribution in [-0.4, -0.2) is 11.3 Å². The van der Waals surface area contributed by atoms with E-state index >= 15 is 0 Å². The van der Waals surface area contributed by atoms with Gasteiger partial charge >= 0.3 is 6.36 Å². The van der Waals surface area contributed by atoms with Gasteiger partial charge in [0.1, 0.15) is 10.9 Å². The molecule has 0 aliphatic rings. The van der Waals surface area contributed by atoms with Gasteiger partial charge in [-0.25, -0.2) is 4.98 Å². The van der Waals surface area contributed by atoms with E-state index in [4.69, 9.17) is 11.6 Å². The molecule has 0 aliphatic carbocycles. The van der Waals surface area contributed by atoms with Crippen LogP contribution in [0.1, 0.15) is 5.56 Å². The third-order valence-electron chi connectivity index (χ3n) is 2.47. The Morgan fingerprint density at radius 2 is 1.95 bits per heavy atom. The topological polar surface area (TPSA) is 22.1 Å². The fourth-order valence-corrected chi connectivity index (χ4v) is 2.04. The first-order chi connectivity index (χ1) is 8.87. The minimum Gasteiger partial charge on any atom is -0.406 e. The molecule has 0 unspecified atom stereocenters. The number of aromatic nitrogens is 1. The highest BCUT2D eigenvalue weighted by Crippen LogP contribution is 2.32. The van der Waals surface area contributed by atoms with E-state index in [1.165, 1.54) is 24.4 Å². The van der Waals surface area contributed by atoms with Crippen molar-refractivity contribution in [1.29, 1.82) is 0 Å². The van der Waals surface area contributed by atoms with Crippen molar-refractivity contribution >= 4 is 11.6 Å². The first-order valence-electron chi connectivity index (χ1n) is 5.34. The summed E-state index contributed by atoms with van der Waals surface area (Å²) in [7, 11) is 0. The van der Waals surface area contributed by atoms with Crippen LogP contribution in [0.4, 0.5) is 13.2 Å². The van der Waals surface area contributed by atoms with E-state index in [2.05, 4.69) is 9.72 Å². The lowest BCUT2D eigenvalue weighted by Gasteiger charge is -2.11. The van der Waals surface area contributed by atoms with Gasteiger partial charge in [-0.05, 0) is 36.2 Å². The van der Waals surface area contributed by atoms with E-state index < -0.39 is 6.36 Å². The van der Waals surface area contributed by atoms with Gasteiger partial charge in [0.15, 0.2) is 0 Å². The normalized spacial score (nSPS) is 11.4. The first kappa shape index (κ1) is 13.7. The van der Waals surface area contributed by atoms with Gasteiger partial charge in [-0.15, -0.1) is 13.2 Å². The maximum atomic E-state index is 12.2. The van der Waals surface area contributed by atoms with Crippen LogP contribution in [0.3, 0.4) is 0 Å². The Labute approximate surface area is 112 Å². The van der Waals surface area contributed by atoms with Crippen molar-refractivity contribution < 1.29 is 17.9 Å². The molecule has 0 radical (unpaired) electrons. The zero-order valence-corrected chi connectivity index (χ0v) is 10.6. The highest BCUT2D eigenvalue weighted by molar-refractivity contribution is 6.32. The van der Waals surface area contributed by atoms with E-state index in [-0.39, 0.29) is 10.9 Å². The molecule has 100 valence electrons. The molecule has 0 atom stereocenters. The van der Waals surface area contributed by atoms with Crippen molar-refractivity contribution in [3.63, 3.8) is 0 Å². The van der Waals surface area contributed by atoms with Crippen molar-refractivity contribution in [2.75, 3.05) is 0 Å². The number of nitrogens with zero attached hydrogens (tertiary/aromatic N) is 1. The number of alkyl halides is 3. The van der Waals surface area contributed by atoms with Crippen LogP contribution < -0.4 is 4.74 Å². The van der Waals surface area contributed by atoms with Gasteiger partial charge in [0.25, 0.3) is 0 Å². The van der Waals surface area contributed by atoms with Gasteiger partial charge in [-0.2, -0.15) is 0 Å². The number of benzene rings is 1. The average Bonchev–Trinajstić information content (AvgIpc) is 2.26. The molecule has 0 aliphatic heterocycles. The van der Waals surface area contributed by atoms with Crippen LogP contribution >= 0.6 is 11.6 Å². The Hall–Kier alpha value is -1.75. The minimum absolute atomic E-state index is 0.240. The zero-order chi connectivity index (χ0) is 14.0. The molecule has 0 N–H and O–H groups in total. The zero-order valence-electron chi connectivity index (χ0n) is 9.83. The maximum Gasteiger partial charge on any atom is 0.573 e. The Kier molecular flexibility index (Phi) is 3.66.